The number of halogens is 1. The Labute approximate surface area is 103 Å². The van der Waals surface area contributed by atoms with E-state index in [4.69, 9.17) is 10.2 Å². The van der Waals surface area contributed by atoms with Crippen molar-refractivity contribution in [3.05, 3.63) is 35.2 Å². The van der Waals surface area contributed by atoms with Crippen molar-refractivity contribution in [3.8, 4) is 0 Å². The lowest BCUT2D eigenvalue weighted by Gasteiger charge is -2.19. The molecule has 0 radical (unpaired) electrons. The SMILES string of the molecule is C=CCC(N)C(=O)N(C)Cc1ccc(Br)o1. The minimum atomic E-state index is -0.527. The van der Waals surface area contributed by atoms with Gasteiger partial charge in [-0.15, -0.1) is 6.58 Å². The molecular formula is C11H15BrN2O2. The first-order valence-corrected chi connectivity index (χ1v) is 5.69. The van der Waals surface area contributed by atoms with Crippen LogP contribution in [0.15, 0.2) is 33.9 Å². The maximum absolute atomic E-state index is 11.7. The molecule has 5 heteroatoms. The van der Waals surface area contributed by atoms with Crippen LogP contribution in [0.3, 0.4) is 0 Å². The van der Waals surface area contributed by atoms with E-state index < -0.39 is 6.04 Å². The summed E-state index contributed by atoms with van der Waals surface area (Å²) in [6.07, 6.45) is 2.12. The second-order valence-corrected chi connectivity index (χ2v) is 4.31. The van der Waals surface area contributed by atoms with Gasteiger partial charge in [0.1, 0.15) is 5.76 Å². The Hall–Kier alpha value is -1.07. The molecule has 0 aliphatic heterocycles. The first-order chi connectivity index (χ1) is 7.54. The van der Waals surface area contributed by atoms with Crippen LogP contribution < -0.4 is 5.73 Å². The van der Waals surface area contributed by atoms with Gasteiger partial charge in [-0.2, -0.15) is 0 Å². The lowest BCUT2D eigenvalue weighted by molar-refractivity contribution is -0.131. The molecule has 1 aromatic rings. The average molecular weight is 287 g/mol. The Bertz CT molecular complexity index is 376. The van der Waals surface area contributed by atoms with Crippen molar-refractivity contribution < 1.29 is 9.21 Å². The van der Waals surface area contributed by atoms with Crippen LogP contribution >= 0.6 is 15.9 Å². The first-order valence-electron chi connectivity index (χ1n) is 4.90. The van der Waals surface area contributed by atoms with Gasteiger partial charge in [-0.25, -0.2) is 0 Å². The molecule has 0 fully saturated rings. The lowest BCUT2D eigenvalue weighted by atomic mass is 10.2. The van der Waals surface area contributed by atoms with E-state index in [1.54, 1.807) is 24.1 Å². The van der Waals surface area contributed by atoms with Gasteiger partial charge in [0.15, 0.2) is 4.67 Å². The molecule has 1 rings (SSSR count). The van der Waals surface area contributed by atoms with Gasteiger partial charge in [0.25, 0.3) is 0 Å². The monoisotopic (exact) mass is 286 g/mol. The number of rotatable bonds is 5. The van der Waals surface area contributed by atoms with Gasteiger partial charge in [0, 0.05) is 7.05 Å². The maximum atomic E-state index is 11.7. The van der Waals surface area contributed by atoms with Crippen LogP contribution in [-0.2, 0) is 11.3 Å². The predicted octanol–water partition coefficient (Wildman–Crippen LogP) is 1.90. The van der Waals surface area contributed by atoms with E-state index >= 15 is 0 Å². The molecule has 0 bridgehead atoms. The maximum Gasteiger partial charge on any atom is 0.239 e. The molecule has 0 spiro atoms. The van der Waals surface area contributed by atoms with E-state index in [0.717, 1.165) is 0 Å². The summed E-state index contributed by atoms with van der Waals surface area (Å²) in [6, 6.07) is 3.07. The van der Waals surface area contributed by atoms with Crippen molar-refractivity contribution in [2.24, 2.45) is 5.73 Å². The number of likely N-dealkylation sites (N-methyl/N-ethyl adjacent to an activating group) is 1. The summed E-state index contributed by atoms with van der Waals surface area (Å²) in [7, 11) is 1.70. The van der Waals surface area contributed by atoms with Crippen LogP contribution in [0.1, 0.15) is 12.2 Å². The standard InChI is InChI=1S/C11H15BrN2O2/c1-3-4-9(13)11(15)14(2)7-8-5-6-10(12)16-8/h3,5-6,9H,1,4,7,13H2,2H3. The third-order valence-electron chi connectivity index (χ3n) is 2.14. The summed E-state index contributed by atoms with van der Waals surface area (Å²) in [5.41, 5.74) is 5.69. The average Bonchev–Trinajstić information content (AvgIpc) is 2.63. The normalized spacial score (nSPS) is 12.2. The zero-order valence-electron chi connectivity index (χ0n) is 9.15. The van der Waals surface area contributed by atoms with Crippen LogP contribution in [-0.4, -0.2) is 23.9 Å². The summed E-state index contributed by atoms with van der Waals surface area (Å²) >= 11 is 3.20. The van der Waals surface area contributed by atoms with Crippen LogP contribution in [0, 0.1) is 0 Å². The van der Waals surface area contributed by atoms with E-state index in [1.807, 2.05) is 6.07 Å². The summed E-state index contributed by atoms with van der Waals surface area (Å²) in [5, 5.41) is 0. The van der Waals surface area contributed by atoms with Crippen molar-refractivity contribution in [1.82, 2.24) is 4.90 Å². The van der Waals surface area contributed by atoms with Gasteiger partial charge in [-0.1, -0.05) is 6.08 Å². The summed E-state index contributed by atoms with van der Waals surface area (Å²) in [4.78, 5) is 13.3. The fourth-order valence-corrected chi connectivity index (χ4v) is 1.65. The zero-order chi connectivity index (χ0) is 12.1. The molecule has 4 nitrogen and oxygen atoms in total. The molecule has 0 aliphatic carbocycles. The number of nitrogens with zero attached hydrogens (tertiary/aromatic N) is 1. The number of hydrogen-bond acceptors (Lipinski definition) is 3. The van der Waals surface area contributed by atoms with E-state index in [9.17, 15) is 4.79 Å². The van der Waals surface area contributed by atoms with Gasteiger partial charge >= 0.3 is 0 Å². The highest BCUT2D eigenvalue weighted by Crippen LogP contribution is 2.15. The molecule has 1 unspecified atom stereocenters. The van der Waals surface area contributed by atoms with E-state index in [2.05, 4.69) is 22.5 Å². The van der Waals surface area contributed by atoms with Crippen molar-refractivity contribution in [2.75, 3.05) is 7.05 Å². The largest absolute Gasteiger partial charge is 0.452 e. The molecular weight excluding hydrogens is 272 g/mol. The Morgan fingerprint density at radius 2 is 2.44 bits per heavy atom. The van der Waals surface area contributed by atoms with E-state index in [-0.39, 0.29) is 5.91 Å². The van der Waals surface area contributed by atoms with Crippen LogP contribution in [0.2, 0.25) is 0 Å². The number of furan rings is 1. The van der Waals surface area contributed by atoms with E-state index in [1.165, 1.54) is 0 Å². The molecule has 1 atom stereocenters. The first kappa shape index (κ1) is 13.0. The quantitative estimate of drug-likeness (QED) is 0.841. The zero-order valence-corrected chi connectivity index (χ0v) is 10.7. The Morgan fingerprint density at radius 1 is 1.75 bits per heavy atom. The summed E-state index contributed by atoms with van der Waals surface area (Å²) < 4.78 is 5.96. The van der Waals surface area contributed by atoms with Gasteiger partial charge in [-0.05, 0) is 34.5 Å². The second kappa shape index (κ2) is 5.86. The second-order valence-electron chi connectivity index (χ2n) is 3.53. The molecule has 1 heterocycles. The molecule has 88 valence electrons. The topological polar surface area (TPSA) is 59.5 Å². The number of carbonyl (C=O) groups is 1. The molecule has 0 saturated heterocycles. The van der Waals surface area contributed by atoms with Crippen molar-refractivity contribution >= 4 is 21.8 Å². The third kappa shape index (κ3) is 3.50. The van der Waals surface area contributed by atoms with Crippen LogP contribution in [0.5, 0.6) is 0 Å². The Kier molecular flexibility index (Phi) is 4.76. The molecule has 0 aliphatic rings. The highest BCUT2D eigenvalue weighted by molar-refractivity contribution is 9.10. The minimum absolute atomic E-state index is 0.118. The number of hydrogen-bond donors (Lipinski definition) is 1. The molecule has 1 aromatic heterocycles. The predicted molar refractivity (Wildman–Crippen MR) is 65.7 cm³/mol. The fourth-order valence-electron chi connectivity index (χ4n) is 1.31. The van der Waals surface area contributed by atoms with Crippen molar-refractivity contribution in [2.45, 2.75) is 19.0 Å². The van der Waals surface area contributed by atoms with Crippen molar-refractivity contribution in [3.63, 3.8) is 0 Å². The Morgan fingerprint density at radius 3 is 2.94 bits per heavy atom. The summed E-state index contributed by atoms with van der Waals surface area (Å²) in [6.45, 7) is 3.97. The smallest absolute Gasteiger partial charge is 0.239 e. The van der Waals surface area contributed by atoms with Gasteiger partial charge in [0.2, 0.25) is 5.91 Å². The van der Waals surface area contributed by atoms with Gasteiger partial charge in [-0.3, -0.25) is 4.79 Å². The molecule has 1 amide bonds. The molecule has 16 heavy (non-hydrogen) atoms. The summed E-state index contributed by atoms with van der Waals surface area (Å²) in [5.74, 6) is 0.598. The molecule has 0 saturated carbocycles. The molecule has 2 N–H and O–H groups in total. The lowest BCUT2D eigenvalue weighted by Crippen LogP contribution is -2.40. The minimum Gasteiger partial charge on any atom is -0.452 e. The number of carbonyl (C=O) groups excluding carboxylic acids is 1. The van der Waals surface area contributed by atoms with Crippen LogP contribution in [0.25, 0.3) is 0 Å². The van der Waals surface area contributed by atoms with E-state index in [0.29, 0.717) is 23.4 Å². The van der Waals surface area contributed by atoms with Crippen molar-refractivity contribution in [1.29, 1.82) is 0 Å². The highest BCUT2D eigenvalue weighted by Gasteiger charge is 2.17. The van der Waals surface area contributed by atoms with Gasteiger partial charge in [0.05, 0.1) is 12.6 Å². The van der Waals surface area contributed by atoms with Crippen LogP contribution in [0.4, 0.5) is 0 Å². The molecule has 0 aromatic carbocycles. The number of nitrogens with two attached hydrogens (primary N) is 1. The Balaban J connectivity index is 2.54. The third-order valence-corrected chi connectivity index (χ3v) is 2.56. The highest BCUT2D eigenvalue weighted by atomic mass is 79.9. The van der Waals surface area contributed by atoms with Gasteiger partial charge < -0.3 is 15.1 Å². The number of amides is 1. The fraction of sp³-hybridized carbons (Fsp3) is 0.364.